The van der Waals surface area contributed by atoms with E-state index in [0.29, 0.717) is 11.8 Å². The zero-order valence-corrected chi connectivity index (χ0v) is 22.1. The number of nitrogens with one attached hydrogen (secondary N) is 1. The van der Waals surface area contributed by atoms with Crippen molar-refractivity contribution in [2.24, 2.45) is 0 Å². The number of aryl methyl sites for hydroxylation is 1. The van der Waals surface area contributed by atoms with E-state index in [4.69, 9.17) is 26.4 Å². The van der Waals surface area contributed by atoms with Gasteiger partial charge < -0.3 is 14.6 Å². The summed E-state index contributed by atoms with van der Waals surface area (Å²) < 4.78 is 10.3. The highest BCUT2D eigenvalue weighted by Gasteiger charge is 2.26. The summed E-state index contributed by atoms with van der Waals surface area (Å²) in [6, 6.07) is 11.2. The molecule has 1 aromatic carbocycles. The van der Waals surface area contributed by atoms with E-state index in [0.717, 1.165) is 65.7 Å². The Balaban J connectivity index is 1.61. The van der Waals surface area contributed by atoms with Gasteiger partial charge in [0.1, 0.15) is 18.1 Å². The number of fused-ring (bicyclic) bond motifs is 2. The molecule has 0 bridgehead atoms. The molecule has 0 radical (unpaired) electrons. The molecule has 0 amide bonds. The molecule has 0 aliphatic carbocycles. The van der Waals surface area contributed by atoms with Gasteiger partial charge in [-0.15, -0.1) is 0 Å². The van der Waals surface area contributed by atoms with Crippen LogP contribution in [0.15, 0.2) is 42.7 Å². The molecule has 0 fully saturated rings. The zero-order valence-electron chi connectivity index (χ0n) is 20.4. The Morgan fingerprint density at radius 3 is 2.76 bits per heavy atom. The molecule has 3 aromatic heterocycles. The van der Waals surface area contributed by atoms with E-state index >= 15 is 0 Å². The molecule has 4 heterocycles. The summed E-state index contributed by atoms with van der Waals surface area (Å²) >= 11 is 6.64. The predicted octanol–water partition coefficient (Wildman–Crippen LogP) is 5.94. The zero-order chi connectivity index (χ0) is 23.9. The SMILES string of the molecule is Cc1cn(COCC[Si](C)(C)C)c2nccc(-c3c(-c4ccccc4Cl)nn4c3CNCC4)c12. The largest absolute Gasteiger partial charge is 0.361 e. The first kappa shape index (κ1) is 23.3. The fourth-order valence-electron chi connectivity index (χ4n) is 4.64. The Kier molecular flexibility index (Phi) is 6.37. The Labute approximate surface area is 206 Å². The molecule has 0 unspecified atom stereocenters. The smallest absolute Gasteiger partial charge is 0.142 e. The van der Waals surface area contributed by atoms with Gasteiger partial charge in [0.2, 0.25) is 0 Å². The van der Waals surface area contributed by atoms with Gasteiger partial charge in [-0.05, 0) is 36.2 Å². The van der Waals surface area contributed by atoms with Crippen LogP contribution in [0.3, 0.4) is 0 Å². The average molecular weight is 494 g/mol. The van der Waals surface area contributed by atoms with Crippen molar-refractivity contribution < 1.29 is 4.74 Å². The molecule has 1 aliphatic rings. The number of ether oxygens (including phenoxy) is 1. The van der Waals surface area contributed by atoms with E-state index in [1.54, 1.807) is 0 Å². The molecule has 0 atom stereocenters. The maximum Gasteiger partial charge on any atom is 0.142 e. The van der Waals surface area contributed by atoms with Gasteiger partial charge in [-0.3, -0.25) is 4.68 Å². The third kappa shape index (κ3) is 4.45. The minimum absolute atomic E-state index is 0.510. The van der Waals surface area contributed by atoms with Crippen LogP contribution in [0, 0.1) is 6.92 Å². The van der Waals surface area contributed by atoms with Crippen LogP contribution >= 0.6 is 11.6 Å². The van der Waals surface area contributed by atoms with E-state index in [9.17, 15) is 0 Å². The maximum absolute atomic E-state index is 6.64. The number of pyridine rings is 1. The number of hydrogen-bond donors (Lipinski definition) is 1. The Morgan fingerprint density at radius 1 is 1.15 bits per heavy atom. The first-order valence-electron chi connectivity index (χ1n) is 11.9. The molecule has 1 aliphatic heterocycles. The van der Waals surface area contributed by atoms with Crippen LogP contribution in [-0.2, 0) is 24.6 Å². The van der Waals surface area contributed by atoms with E-state index < -0.39 is 8.07 Å². The van der Waals surface area contributed by atoms with Crippen LogP contribution in [0.2, 0.25) is 30.7 Å². The van der Waals surface area contributed by atoms with Crippen LogP contribution in [0.4, 0.5) is 0 Å². The van der Waals surface area contributed by atoms with E-state index in [-0.39, 0.29) is 0 Å². The maximum atomic E-state index is 6.64. The second kappa shape index (κ2) is 9.30. The number of nitrogens with zero attached hydrogens (tertiary/aromatic N) is 4. The molecule has 5 rings (SSSR count). The molecule has 6 nitrogen and oxygen atoms in total. The van der Waals surface area contributed by atoms with Crippen molar-refractivity contribution in [1.82, 2.24) is 24.6 Å². The van der Waals surface area contributed by atoms with Gasteiger partial charge >= 0.3 is 0 Å². The number of benzene rings is 1. The molecule has 178 valence electrons. The molecular weight excluding hydrogens is 462 g/mol. The first-order chi connectivity index (χ1) is 16.3. The van der Waals surface area contributed by atoms with Gasteiger partial charge in [0.15, 0.2) is 0 Å². The normalized spacial score (nSPS) is 14.0. The van der Waals surface area contributed by atoms with Gasteiger partial charge in [0.05, 0.1) is 17.3 Å². The predicted molar refractivity (Wildman–Crippen MR) is 142 cm³/mol. The summed E-state index contributed by atoms with van der Waals surface area (Å²) in [5, 5.41) is 10.4. The van der Waals surface area contributed by atoms with Crippen LogP contribution in [-0.4, -0.2) is 40.6 Å². The number of hydrogen-bond acceptors (Lipinski definition) is 4. The summed E-state index contributed by atoms with van der Waals surface area (Å²) in [4.78, 5) is 4.75. The molecular formula is C26H32ClN5OSi. The lowest BCUT2D eigenvalue weighted by Gasteiger charge is -2.17. The summed E-state index contributed by atoms with van der Waals surface area (Å²) in [5.74, 6) is 0. The van der Waals surface area contributed by atoms with E-state index in [1.807, 2.05) is 24.4 Å². The third-order valence-corrected chi connectivity index (χ3v) is 8.46. The molecule has 0 saturated carbocycles. The van der Waals surface area contributed by atoms with Crippen LogP contribution in [0.25, 0.3) is 33.4 Å². The molecule has 0 saturated heterocycles. The number of halogens is 1. The standard InChI is InChI=1S/C26H32ClN5OSi/c1-18-16-31(17-33-13-14-34(2,3)4)26-23(18)20(9-10-29-26)24-22-15-28-11-12-32(22)30-25(24)19-7-5-6-8-21(19)27/h5-10,16,28H,11-15,17H2,1-4H3. The van der Waals surface area contributed by atoms with Gasteiger partial charge in [0, 0.05) is 56.7 Å². The summed E-state index contributed by atoms with van der Waals surface area (Å²) in [7, 11) is -1.12. The van der Waals surface area contributed by atoms with Crippen molar-refractivity contribution in [3.05, 3.63) is 59.0 Å². The van der Waals surface area contributed by atoms with Gasteiger partial charge in [-0.1, -0.05) is 49.4 Å². The summed E-state index contributed by atoms with van der Waals surface area (Å²) in [6.45, 7) is 13.1. The lowest BCUT2D eigenvalue weighted by molar-refractivity contribution is 0.0898. The second-order valence-corrected chi connectivity index (χ2v) is 16.3. The quantitative estimate of drug-likeness (QED) is 0.255. The van der Waals surface area contributed by atoms with E-state index in [1.165, 1.54) is 11.3 Å². The van der Waals surface area contributed by atoms with E-state index in [2.05, 4.69) is 59.5 Å². The van der Waals surface area contributed by atoms with Crippen molar-refractivity contribution in [2.75, 3.05) is 13.2 Å². The molecule has 34 heavy (non-hydrogen) atoms. The first-order valence-corrected chi connectivity index (χ1v) is 16.0. The average Bonchev–Trinajstić information content (AvgIpc) is 3.34. The topological polar surface area (TPSA) is 56.9 Å². The van der Waals surface area contributed by atoms with Crippen LogP contribution < -0.4 is 5.32 Å². The Bertz CT molecular complexity index is 1340. The number of rotatable bonds is 7. The van der Waals surface area contributed by atoms with Crippen LogP contribution in [0.1, 0.15) is 11.3 Å². The van der Waals surface area contributed by atoms with Crippen molar-refractivity contribution in [2.45, 2.75) is 52.4 Å². The van der Waals surface area contributed by atoms with Crippen molar-refractivity contribution in [1.29, 1.82) is 0 Å². The molecule has 0 spiro atoms. The van der Waals surface area contributed by atoms with Gasteiger partial charge in [-0.2, -0.15) is 5.10 Å². The number of aromatic nitrogens is 4. The minimum Gasteiger partial charge on any atom is -0.361 e. The van der Waals surface area contributed by atoms with Crippen molar-refractivity contribution in [3.63, 3.8) is 0 Å². The Morgan fingerprint density at radius 2 is 1.97 bits per heavy atom. The molecule has 1 N–H and O–H groups in total. The Hall–Kier alpha value is -2.45. The highest BCUT2D eigenvalue weighted by Crippen LogP contribution is 2.41. The molecule has 4 aromatic rings. The highest BCUT2D eigenvalue weighted by atomic mass is 35.5. The second-order valence-electron chi connectivity index (χ2n) is 10.2. The summed E-state index contributed by atoms with van der Waals surface area (Å²) in [6.07, 6.45) is 4.05. The third-order valence-electron chi connectivity index (χ3n) is 6.42. The van der Waals surface area contributed by atoms with Gasteiger partial charge in [0.25, 0.3) is 0 Å². The minimum atomic E-state index is -1.12. The molecule has 8 heteroatoms. The fraction of sp³-hybridized carbons (Fsp3) is 0.385. The van der Waals surface area contributed by atoms with Crippen LogP contribution in [0.5, 0.6) is 0 Å². The monoisotopic (exact) mass is 493 g/mol. The lowest BCUT2D eigenvalue weighted by atomic mass is 9.96. The fourth-order valence-corrected chi connectivity index (χ4v) is 5.62. The lowest BCUT2D eigenvalue weighted by Crippen LogP contribution is -2.28. The van der Waals surface area contributed by atoms with Crippen molar-refractivity contribution in [3.8, 4) is 22.4 Å². The summed E-state index contributed by atoms with van der Waals surface area (Å²) in [5.41, 5.74) is 7.47. The van der Waals surface area contributed by atoms with Gasteiger partial charge in [-0.25, -0.2) is 4.98 Å². The van der Waals surface area contributed by atoms with Crippen molar-refractivity contribution >= 4 is 30.7 Å². The highest BCUT2D eigenvalue weighted by molar-refractivity contribution is 6.76.